The predicted octanol–water partition coefficient (Wildman–Crippen LogP) is 2.28. The van der Waals surface area contributed by atoms with E-state index >= 15 is 0 Å². The molecule has 0 aromatic heterocycles. The third kappa shape index (κ3) is 1.89. The minimum atomic E-state index is -0.0519. The Labute approximate surface area is 173 Å². The number of benzene rings is 2. The third-order valence-electron chi connectivity index (χ3n) is 6.84. The van der Waals surface area contributed by atoms with E-state index < -0.39 is 0 Å². The fourth-order valence-corrected chi connectivity index (χ4v) is 5.73. The van der Waals surface area contributed by atoms with Crippen LogP contribution in [-0.4, -0.2) is 38.6 Å². The molecule has 2 aromatic carbocycles. The van der Waals surface area contributed by atoms with E-state index in [1.54, 1.807) is 14.2 Å². The van der Waals surface area contributed by atoms with Crippen LogP contribution in [0.1, 0.15) is 0 Å². The van der Waals surface area contributed by atoms with Gasteiger partial charge in [0.05, 0.1) is 14.2 Å². The summed E-state index contributed by atoms with van der Waals surface area (Å²) in [5.74, 6) is 1.67. The van der Waals surface area contributed by atoms with Gasteiger partial charge in [0, 0.05) is 10.4 Å². The van der Waals surface area contributed by atoms with Crippen LogP contribution >= 0.6 is 0 Å². The molecular formula is C26H20O4. The zero-order valence-electron chi connectivity index (χ0n) is 16.7. The first-order chi connectivity index (χ1) is 14.8. The van der Waals surface area contributed by atoms with Crippen molar-refractivity contribution in [2.75, 3.05) is 14.2 Å². The Morgan fingerprint density at radius 2 is 0.967 bits per heavy atom. The maximum absolute atomic E-state index is 6.36. The van der Waals surface area contributed by atoms with Gasteiger partial charge in [0.15, 0.2) is 0 Å². The van der Waals surface area contributed by atoms with Crippen molar-refractivity contribution in [3.63, 3.8) is 0 Å². The van der Waals surface area contributed by atoms with E-state index in [4.69, 9.17) is 18.9 Å². The van der Waals surface area contributed by atoms with E-state index in [9.17, 15) is 0 Å². The molecule has 0 radical (unpaired) electrons. The van der Waals surface area contributed by atoms with Gasteiger partial charge in [0.2, 0.25) is 0 Å². The highest BCUT2D eigenvalue weighted by Gasteiger charge is 2.47. The summed E-state index contributed by atoms with van der Waals surface area (Å²) in [5.41, 5.74) is 4.98. The number of hydrogen-bond donors (Lipinski definition) is 0. The largest absolute Gasteiger partial charge is 0.496 e. The molecule has 5 aliphatic rings. The lowest BCUT2D eigenvalue weighted by atomic mass is 9.80. The molecule has 0 spiro atoms. The van der Waals surface area contributed by atoms with Gasteiger partial charge < -0.3 is 18.9 Å². The fraction of sp³-hybridized carbons (Fsp3) is 0.231. The van der Waals surface area contributed by atoms with E-state index in [0.717, 1.165) is 32.4 Å². The van der Waals surface area contributed by atoms with Crippen molar-refractivity contribution in [2.24, 2.45) is 0 Å². The molecule has 4 bridgehead atoms. The molecule has 4 heterocycles. The molecule has 4 atom stereocenters. The monoisotopic (exact) mass is 396 g/mol. The Morgan fingerprint density at radius 1 is 0.567 bits per heavy atom. The number of methoxy groups -OCH3 is 2. The van der Waals surface area contributed by atoms with Gasteiger partial charge in [-0.05, 0) is 44.9 Å². The Bertz CT molecular complexity index is 1330. The highest BCUT2D eigenvalue weighted by atomic mass is 16.5. The zero-order chi connectivity index (χ0) is 20.0. The van der Waals surface area contributed by atoms with Crippen LogP contribution < -0.4 is 19.9 Å². The molecule has 2 fully saturated rings. The molecule has 7 rings (SSSR count). The van der Waals surface area contributed by atoms with E-state index in [1.807, 2.05) is 12.1 Å². The van der Waals surface area contributed by atoms with Gasteiger partial charge in [0.25, 0.3) is 0 Å². The Balaban J connectivity index is 1.88. The lowest BCUT2D eigenvalue weighted by molar-refractivity contribution is 0.136. The molecular weight excluding hydrogens is 376 g/mol. The van der Waals surface area contributed by atoms with E-state index in [2.05, 4.69) is 48.6 Å². The standard InChI is InChI=1S/C26H20O4/c1-27-15-7-3-5-13-21(15)22-14(6-4-8-16(22)28-2)24-18-10-12-20(30-18)26(24)25-19-11-9-17(29-19)23(13)25/h3-12,17-20H,1-2H3/b22-21-,23-13-,24-14-,26-25-/t17-,18+,19+,20-. The van der Waals surface area contributed by atoms with E-state index in [1.165, 1.54) is 22.3 Å². The molecule has 1 aliphatic carbocycles. The molecule has 2 saturated heterocycles. The summed E-state index contributed by atoms with van der Waals surface area (Å²) in [5, 5.41) is 4.40. The van der Waals surface area contributed by atoms with Crippen molar-refractivity contribution >= 4 is 11.1 Å². The minimum Gasteiger partial charge on any atom is -0.496 e. The molecule has 4 aliphatic heterocycles. The molecule has 4 heteroatoms. The van der Waals surface area contributed by atoms with Crippen LogP contribution in [0.5, 0.6) is 11.5 Å². The molecule has 2 aromatic rings. The molecule has 4 nitrogen and oxygen atoms in total. The number of fused-ring (bicyclic) bond motifs is 12. The molecule has 30 heavy (non-hydrogen) atoms. The van der Waals surface area contributed by atoms with Gasteiger partial charge in [-0.1, -0.05) is 48.6 Å². The minimum absolute atomic E-state index is 0.0300. The first kappa shape index (κ1) is 16.7. The van der Waals surface area contributed by atoms with Gasteiger partial charge in [-0.25, -0.2) is 0 Å². The molecule has 0 unspecified atom stereocenters. The van der Waals surface area contributed by atoms with Crippen LogP contribution in [-0.2, 0) is 9.47 Å². The summed E-state index contributed by atoms with van der Waals surface area (Å²) < 4.78 is 24.5. The van der Waals surface area contributed by atoms with Gasteiger partial charge in [-0.2, -0.15) is 0 Å². The first-order valence-corrected chi connectivity index (χ1v) is 10.3. The van der Waals surface area contributed by atoms with Crippen molar-refractivity contribution in [3.8, 4) is 11.5 Å². The topological polar surface area (TPSA) is 36.9 Å². The van der Waals surface area contributed by atoms with Crippen LogP contribution in [0.3, 0.4) is 0 Å². The predicted molar refractivity (Wildman–Crippen MR) is 112 cm³/mol. The van der Waals surface area contributed by atoms with Crippen LogP contribution in [0.25, 0.3) is 11.1 Å². The number of hydrogen-bond acceptors (Lipinski definition) is 4. The van der Waals surface area contributed by atoms with Gasteiger partial charge in [-0.3, -0.25) is 0 Å². The normalized spacial score (nSPS) is 36.1. The summed E-state index contributed by atoms with van der Waals surface area (Å²) in [6.45, 7) is 0. The lowest BCUT2D eigenvalue weighted by Crippen LogP contribution is -2.26. The zero-order valence-corrected chi connectivity index (χ0v) is 16.7. The molecule has 0 amide bonds. The Kier molecular flexibility index (Phi) is 3.20. The SMILES string of the molecule is COc1cccc2/c1=c1/c(OC)ccc/c1=C1/C(=C3\C=2[C@@H]2C=C[C@H]3O2)[C@@H]2C=C[C@H]1O2. The van der Waals surface area contributed by atoms with Crippen LogP contribution in [0.4, 0.5) is 0 Å². The summed E-state index contributed by atoms with van der Waals surface area (Å²) >= 11 is 0. The van der Waals surface area contributed by atoms with Crippen molar-refractivity contribution < 1.29 is 18.9 Å². The highest BCUT2D eigenvalue weighted by molar-refractivity contribution is 5.89. The summed E-state index contributed by atoms with van der Waals surface area (Å²) in [4.78, 5) is 0. The second-order valence-electron chi connectivity index (χ2n) is 8.14. The fourth-order valence-electron chi connectivity index (χ4n) is 5.73. The Hall–Kier alpha value is -3.08. The maximum atomic E-state index is 6.36. The second-order valence-corrected chi connectivity index (χ2v) is 8.14. The van der Waals surface area contributed by atoms with Crippen molar-refractivity contribution in [3.05, 3.63) is 92.7 Å². The van der Waals surface area contributed by atoms with Crippen LogP contribution in [0.2, 0.25) is 0 Å². The summed E-state index contributed by atoms with van der Waals surface area (Å²) in [6, 6.07) is 12.5. The molecule has 0 N–H and O–H groups in total. The van der Waals surface area contributed by atoms with Crippen LogP contribution in [0, 0.1) is 10.4 Å². The summed E-state index contributed by atoms with van der Waals surface area (Å²) in [6.07, 6.45) is 8.53. The second kappa shape index (κ2) is 5.75. The molecule has 0 saturated carbocycles. The third-order valence-corrected chi connectivity index (χ3v) is 6.84. The number of rotatable bonds is 2. The van der Waals surface area contributed by atoms with Gasteiger partial charge >= 0.3 is 0 Å². The highest BCUT2D eigenvalue weighted by Crippen LogP contribution is 2.49. The molecule has 148 valence electrons. The van der Waals surface area contributed by atoms with Gasteiger partial charge in [-0.15, -0.1) is 0 Å². The van der Waals surface area contributed by atoms with Gasteiger partial charge in [0.1, 0.15) is 35.9 Å². The first-order valence-electron chi connectivity index (χ1n) is 10.3. The quantitative estimate of drug-likeness (QED) is 0.730. The lowest BCUT2D eigenvalue weighted by Gasteiger charge is -2.21. The van der Waals surface area contributed by atoms with E-state index in [0.29, 0.717) is 0 Å². The van der Waals surface area contributed by atoms with Crippen molar-refractivity contribution in [2.45, 2.75) is 24.4 Å². The Morgan fingerprint density at radius 3 is 1.37 bits per heavy atom. The average Bonchev–Trinajstić information content (AvgIpc) is 3.56. The maximum Gasteiger partial charge on any atom is 0.127 e. The van der Waals surface area contributed by atoms with E-state index in [-0.39, 0.29) is 24.4 Å². The van der Waals surface area contributed by atoms with Crippen LogP contribution in [0.15, 0.2) is 71.8 Å². The van der Waals surface area contributed by atoms with Crippen molar-refractivity contribution in [1.82, 2.24) is 0 Å². The summed E-state index contributed by atoms with van der Waals surface area (Å²) in [7, 11) is 3.45. The van der Waals surface area contributed by atoms with Crippen molar-refractivity contribution in [1.29, 1.82) is 0 Å². The average molecular weight is 396 g/mol. The number of ether oxygens (including phenoxy) is 4. The smallest absolute Gasteiger partial charge is 0.127 e.